The van der Waals surface area contributed by atoms with Gasteiger partial charge >= 0.3 is 5.97 Å². The average molecular weight is 498 g/mol. The summed E-state index contributed by atoms with van der Waals surface area (Å²) in [5.41, 5.74) is 1.02. The minimum atomic E-state index is -2.02. The van der Waals surface area contributed by atoms with Crippen molar-refractivity contribution in [2.75, 3.05) is 0 Å². The molecular formula is C22H39NO6Si3. The van der Waals surface area contributed by atoms with Crippen LogP contribution in [-0.4, -0.2) is 61.6 Å². The van der Waals surface area contributed by atoms with Crippen molar-refractivity contribution in [3.8, 4) is 0 Å². The first-order valence-corrected chi connectivity index (χ1v) is 21.3. The molecule has 1 saturated heterocycles. The molecule has 1 heterocycles. The summed E-state index contributed by atoms with van der Waals surface area (Å²) in [6, 6.07) is 9.81. The van der Waals surface area contributed by atoms with Crippen LogP contribution in [0.2, 0.25) is 58.9 Å². The van der Waals surface area contributed by atoms with Gasteiger partial charge in [0.1, 0.15) is 18.8 Å². The lowest BCUT2D eigenvalue weighted by atomic mass is 10.1. The molecule has 1 fully saturated rings. The van der Waals surface area contributed by atoms with Crippen molar-refractivity contribution in [1.29, 1.82) is 0 Å². The highest BCUT2D eigenvalue weighted by Crippen LogP contribution is 2.31. The van der Waals surface area contributed by atoms with Crippen molar-refractivity contribution in [1.82, 2.24) is 0 Å². The Balaban J connectivity index is 2.25. The summed E-state index contributed by atoms with van der Waals surface area (Å²) >= 11 is 0. The lowest BCUT2D eigenvalue weighted by Crippen LogP contribution is -2.52. The molecule has 0 bridgehead atoms. The maximum Gasteiger partial charge on any atom is 0.337 e. The van der Waals surface area contributed by atoms with Crippen LogP contribution in [0.15, 0.2) is 35.5 Å². The van der Waals surface area contributed by atoms with Gasteiger partial charge in [-0.2, -0.15) is 0 Å². The van der Waals surface area contributed by atoms with Crippen LogP contribution < -0.4 is 0 Å². The second kappa shape index (κ2) is 10.7. The Hall–Kier alpha value is -1.31. The number of ether oxygens (including phenoxy) is 1. The maximum atomic E-state index is 12.8. The largest absolute Gasteiger partial charge is 0.454 e. The summed E-state index contributed by atoms with van der Waals surface area (Å²) in [7, 11) is -6.04. The Bertz CT molecular complexity index is 771. The Kier molecular flexibility index (Phi) is 9.05. The number of hydrogen-bond acceptors (Lipinski definition) is 7. The normalized spacial score (nSPS) is 23.4. The van der Waals surface area contributed by atoms with Crippen LogP contribution in [0.25, 0.3) is 0 Å². The van der Waals surface area contributed by atoms with Gasteiger partial charge in [-0.25, -0.2) is 4.79 Å². The number of hydrogen-bond donors (Lipinski definition) is 0. The average Bonchev–Trinajstić information content (AvgIpc) is 2.90. The molecule has 1 aliphatic rings. The summed E-state index contributed by atoms with van der Waals surface area (Å²) in [5.74, 6) is -0.400. The number of rotatable bonds is 11. The Morgan fingerprint density at radius 1 is 0.938 bits per heavy atom. The fraction of sp³-hybridized carbons (Fsp3) is 0.636. The van der Waals surface area contributed by atoms with Gasteiger partial charge in [-0.05, 0) is 64.5 Å². The molecule has 0 radical (unpaired) electrons. The van der Waals surface area contributed by atoms with Crippen LogP contribution in [0.3, 0.4) is 0 Å². The first kappa shape index (κ1) is 26.9. The summed E-state index contributed by atoms with van der Waals surface area (Å²) in [6.07, 6.45) is -0.951. The molecule has 0 N–H and O–H groups in total. The van der Waals surface area contributed by atoms with Crippen molar-refractivity contribution in [3.05, 3.63) is 35.9 Å². The monoisotopic (exact) mass is 497 g/mol. The Labute approximate surface area is 195 Å². The third-order valence-corrected chi connectivity index (χ3v) is 7.17. The Morgan fingerprint density at radius 3 is 2.06 bits per heavy atom. The molecule has 7 nitrogen and oxygen atoms in total. The van der Waals surface area contributed by atoms with Crippen LogP contribution in [0.4, 0.5) is 0 Å². The highest BCUT2D eigenvalue weighted by Gasteiger charge is 2.53. The predicted molar refractivity (Wildman–Crippen MR) is 134 cm³/mol. The van der Waals surface area contributed by atoms with Crippen molar-refractivity contribution >= 4 is 37.1 Å². The van der Waals surface area contributed by atoms with Gasteiger partial charge in [0.05, 0.1) is 6.21 Å². The second-order valence-corrected chi connectivity index (χ2v) is 24.3. The molecule has 1 aliphatic heterocycles. The number of benzene rings is 1. The van der Waals surface area contributed by atoms with E-state index in [2.05, 4.69) is 44.4 Å². The summed E-state index contributed by atoms with van der Waals surface area (Å²) in [6.45, 7) is 19.0. The molecule has 1 aromatic carbocycles. The lowest BCUT2D eigenvalue weighted by Gasteiger charge is -2.34. The highest BCUT2D eigenvalue weighted by molar-refractivity contribution is 6.70. The van der Waals surface area contributed by atoms with E-state index in [1.54, 1.807) is 6.21 Å². The standard InChI is InChI=1S/C22H39NO6Si3/c1-30(2,3)27-18(15-23-25-16-17-13-11-10-12-14-17)19-20(28-31(4,5)6)21(22(24)26-19)29-32(7,8)9/h10-15,18-21H,16H2,1-9H3/b23-15-. The fourth-order valence-corrected chi connectivity index (χ4v) is 6.32. The third-order valence-electron chi connectivity index (χ3n) is 4.25. The van der Waals surface area contributed by atoms with E-state index < -0.39 is 55.3 Å². The maximum absolute atomic E-state index is 12.8. The smallest absolute Gasteiger partial charge is 0.337 e. The van der Waals surface area contributed by atoms with E-state index in [9.17, 15) is 4.79 Å². The zero-order valence-electron chi connectivity index (χ0n) is 20.9. The van der Waals surface area contributed by atoms with E-state index in [1.807, 2.05) is 50.0 Å². The molecule has 1 aromatic rings. The molecule has 32 heavy (non-hydrogen) atoms. The molecule has 10 heteroatoms. The van der Waals surface area contributed by atoms with E-state index in [1.165, 1.54) is 0 Å². The zero-order valence-corrected chi connectivity index (χ0v) is 23.9. The van der Waals surface area contributed by atoms with Crippen molar-refractivity contribution < 1.29 is 27.6 Å². The van der Waals surface area contributed by atoms with E-state index >= 15 is 0 Å². The molecule has 4 atom stereocenters. The number of cyclic esters (lactones) is 1. The quantitative estimate of drug-likeness (QED) is 0.190. The summed E-state index contributed by atoms with van der Waals surface area (Å²) in [4.78, 5) is 18.3. The van der Waals surface area contributed by atoms with Crippen LogP contribution >= 0.6 is 0 Å². The molecule has 0 amide bonds. The van der Waals surface area contributed by atoms with Crippen molar-refractivity contribution in [2.45, 2.75) is 89.9 Å². The van der Waals surface area contributed by atoms with Gasteiger partial charge in [-0.1, -0.05) is 35.5 Å². The minimum absolute atomic E-state index is 0.345. The number of carbonyl (C=O) groups is 1. The van der Waals surface area contributed by atoms with Crippen LogP contribution in [0.5, 0.6) is 0 Å². The molecule has 0 spiro atoms. The van der Waals surface area contributed by atoms with Gasteiger partial charge < -0.3 is 22.9 Å². The van der Waals surface area contributed by atoms with E-state index in [0.717, 1.165) is 5.56 Å². The highest BCUT2D eigenvalue weighted by atomic mass is 28.4. The molecule has 0 aliphatic carbocycles. The predicted octanol–water partition coefficient (Wildman–Crippen LogP) is 4.77. The topological polar surface area (TPSA) is 75.6 Å². The van der Waals surface area contributed by atoms with Crippen molar-refractivity contribution in [2.24, 2.45) is 5.16 Å². The van der Waals surface area contributed by atoms with Crippen LogP contribution in [-0.2, 0) is 34.3 Å². The minimum Gasteiger partial charge on any atom is -0.454 e. The van der Waals surface area contributed by atoms with Gasteiger partial charge in [0.2, 0.25) is 0 Å². The molecular weight excluding hydrogens is 459 g/mol. The SMILES string of the molecule is C[Si](C)(C)OC(/C=N\OCc1ccccc1)C1OC(=O)C(O[Si](C)(C)C)C1O[Si](C)(C)C. The number of nitrogens with zero attached hydrogens (tertiary/aromatic N) is 1. The second-order valence-electron chi connectivity index (χ2n) is 11.0. The summed E-state index contributed by atoms with van der Waals surface area (Å²) < 4.78 is 24.8. The first-order valence-electron chi connectivity index (χ1n) is 11.1. The lowest BCUT2D eigenvalue weighted by molar-refractivity contribution is -0.148. The fourth-order valence-electron chi connectivity index (χ4n) is 3.24. The molecule has 180 valence electrons. The number of oxime groups is 1. The van der Waals surface area contributed by atoms with Gasteiger partial charge in [0, 0.05) is 0 Å². The van der Waals surface area contributed by atoms with Gasteiger partial charge in [0.25, 0.3) is 0 Å². The van der Waals surface area contributed by atoms with E-state index in [-0.39, 0.29) is 0 Å². The van der Waals surface area contributed by atoms with Gasteiger partial charge in [-0.3, -0.25) is 0 Å². The van der Waals surface area contributed by atoms with Crippen LogP contribution in [0.1, 0.15) is 5.56 Å². The van der Waals surface area contributed by atoms with E-state index in [4.69, 9.17) is 22.9 Å². The number of carbonyl (C=O) groups excluding carboxylic acids is 1. The first-order chi connectivity index (χ1) is 14.6. The Morgan fingerprint density at radius 2 is 1.53 bits per heavy atom. The van der Waals surface area contributed by atoms with E-state index in [0.29, 0.717) is 6.61 Å². The van der Waals surface area contributed by atoms with Gasteiger partial charge in [0.15, 0.2) is 37.2 Å². The molecule has 4 unspecified atom stereocenters. The third kappa shape index (κ3) is 9.28. The van der Waals surface area contributed by atoms with Gasteiger partial charge in [-0.15, -0.1) is 0 Å². The molecule has 0 aromatic heterocycles. The zero-order chi connectivity index (χ0) is 24.2. The van der Waals surface area contributed by atoms with Crippen molar-refractivity contribution in [3.63, 3.8) is 0 Å². The number of esters is 1. The van der Waals surface area contributed by atoms with Crippen LogP contribution in [0, 0.1) is 0 Å². The molecule has 2 rings (SSSR count). The molecule has 0 saturated carbocycles. The summed E-state index contributed by atoms with van der Waals surface area (Å²) in [5, 5.41) is 4.16.